The van der Waals surface area contributed by atoms with E-state index in [-0.39, 0.29) is 0 Å². The maximum atomic E-state index is 6.21. The van der Waals surface area contributed by atoms with Crippen LogP contribution in [-0.2, 0) is 6.42 Å². The minimum Gasteiger partial charge on any atom is -0.494 e. The van der Waals surface area contributed by atoms with Gasteiger partial charge in [-0.1, -0.05) is 38.3 Å². The van der Waals surface area contributed by atoms with Crippen molar-refractivity contribution in [1.29, 1.82) is 0 Å². The predicted octanol–water partition coefficient (Wildman–Crippen LogP) is 3.93. The zero-order valence-electron chi connectivity index (χ0n) is 12.1. The van der Waals surface area contributed by atoms with Gasteiger partial charge in [-0.2, -0.15) is 0 Å². The number of ether oxygens (including phenoxy) is 1. The standard InChI is InChI=1S/C17H27NO/c1-2-3-12-19-16-10-8-14(9-11-16)13-15-6-4-5-7-17(15)18/h8-11,15,17H,2-7,12-13,18H2,1H3. The summed E-state index contributed by atoms with van der Waals surface area (Å²) in [5.74, 6) is 1.66. The van der Waals surface area contributed by atoms with E-state index in [1.807, 2.05) is 0 Å². The van der Waals surface area contributed by atoms with Gasteiger partial charge in [-0.05, 0) is 49.3 Å². The third kappa shape index (κ3) is 4.54. The van der Waals surface area contributed by atoms with E-state index in [0.717, 1.165) is 25.2 Å². The smallest absolute Gasteiger partial charge is 0.119 e. The minimum absolute atomic E-state index is 0.397. The van der Waals surface area contributed by atoms with Gasteiger partial charge in [0.05, 0.1) is 6.61 Å². The third-order valence-corrected chi connectivity index (χ3v) is 4.16. The molecule has 1 aliphatic carbocycles. The van der Waals surface area contributed by atoms with Gasteiger partial charge in [0.1, 0.15) is 5.75 Å². The van der Waals surface area contributed by atoms with Crippen molar-refractivity contribution in [3.8, 4) is 5.75 Å². The highest BCUT2D eigenvalue weighted by Crippen LogP contribution is 2.26. The van der Waals surface area contributed by atoms with Crippen LogP contribution in [0.25, 0.3) is 0 Å². The average molecular weight is 261 g/mol. The Balaban J connectivity index is 1.84. The summed E-state index contributed by atoms with van der Waals surface area (Å²) >= 11 is 0. The summed E-state index contributed by atoms with van der Waals surface area (Å²) in [4.78, 5) is 0. The molecule has 1 aliphatic rings. The van der Waals surface area contributed by atoms with E-state index in [1.165, 1.54) is 37.7 Å². The Morgan fingerprint density at radius 2 is 1.89 bits per heavy atom. The second kappa shape index (κ2) is 7.54. The Labute approximate surface area is 117 Å². The number of hydrogen-bond donors (Lipinski definition) is 1. The molecule has 0 amide bonds. The van der Waals surface area contributed by atoms with Gasteiger partial charge in [0.2, 0.25) is 0 Å². The molecule has 106 valence electrons. The highest BCUT2D eigenvalue weighted by Gasteiger charge is 2.21. The van der Waals surface area contributed by atoms with Crippen LogP contribution in [0.5, 0.6) is 5.75 Å². The van der Waals surface area contributed by atoms with Gasteiger partial charge in [-0.3, -0.25) is 0 Å². The van der Waals surface area contributed by atoms with Gasteiger partial charge in [-0.15, -0.1) is 0 Å². The van der Waals surface area contributed by atoms with Crippen molar-refractivity contribution < 1.29 is 4.74 Å². The van der Waals surface area contributed by atoms with Crippen LogP contribution in [0.2, 0.25) is 0 Å². The number of benzene rings is 1. The van der Waals surface area contributed by atoms with E-state index < -0.39 is 0 Å². The predicted molar refractivity (Wildman–Crippen MR) is 80.5 cm³/mol. The molecule has 0 aromatic heterocycles. The van der Waals surface area contributed by atoms with Gasteiger partial charge in [0.15, 0.2) is 0 Å². The lowest BCUT2D eigenvalue weighted by Crippen LogP contribution is -2.34. The molecule has 1 aromatic rings. The average Bonchev–Trinajstić information content (AvgIpc) is 2.44. The molecule has 2 N–H and O–H groups in total. The number of rotatable bonds is 6. The maximum Gasteiger partial charge on any atom is 0.119 e. The second-order valence-electron chi connectivity index (χ2n) is 5.76. The van der Waals surface area contributed by atoms with Gasteiger partial charge < -0.3 is 10.5 Å². The molecule has 19 heavy (non-hydrogen) atoms. The zero-order valence-corrected chi connectivity index (χ0v) is 12.1. The molecule has 0 radical (unpaired) electrons. The van der Waals surface area contributed by atoms with Crippen LogP contribution in [0, 0.1) is 5.92 Å². The molecule has 1 fully saturated rings. The fraction of sp³-hybridized carbons (Fsp3) is 0.647. The van der Waals surface area contributed by atoms with Crippen molar-refractivity contribution in [3.05, 3.63) is 29.8 Å². The Morgan fingerprint density at radius 3 is 2.58 bits per heavy atom. The first kappa shape index (κ1) is 14.4. The van der Waals surface area contributed by atoms with Crippen LogP contribution in [-0.4, -0.2) is 12.6 Å². The van der Waals surface area contributed by atoms with Crippen LogP contribution in [0.4, 0.5) is 0 Å². The molecule has 0 saturated heterocycles. The fourth-order valence-electron chi connectivity index (χ4n) is 2.85. The Bertz CT molecular complexity index is 360. The molecule has 1 saturated carbocycles. The first-order chi connectivity index (χ1) is 9.29. The summed E-state index contributed by atoms with van der Waals surface area (Å²) in [6.07, 6.45) is 8.56. The molecule has 0 bridgehead atoms. The van der Waals surface area contributed by atoms with Gasteiger partial charge in [0, 0.05) is 6.04 Å². The Morgan fingerprint density at radius 1 is 1.16 bits per heavy atom. The van der Waals surface area contributed by atoms with Crippen molar-refractivity contribution in [2.75, 3.05) is 6.61 Å². The normalized spacial score (nSPS) is 23.3. The first-order valence-corrected chi connectivity index (χ1v) is 7.77. The molecule has 2 heteroatoms. The van der Waals surface area contributed by atoms with E-state index in [4.69, 9.17) is 10.5 Å². The molecule has 2 unspecified atom stereocenters. The monoisotopic (exact) mass is 261 g/mol. The molecule has 1 aromatic carbocycles. The van der Waals surface area contributed by atoms with Gasteiger partial charge in [0.25, 0.3) is 0 Å². The SMILES string of the molecule is CCCCOc1ccc(CC2CCCCC2N)cc1. The van der Waals surface area contributed by atoms with Gasteiger partial charge in [-0.25, -0.2) is 0 Å². The summed E-state index contributed by atoms with van der Waals surface area (Å²) in [5.41, 5.74) is 7.61. The molecule has 0 heterocycles. The molecule has 0 aliphatic heterocycles. The van der Waals surface area contributed by atoms with E-state index >= 15 is 0 Å². The molecule has 0 spiro atoms. The summed E-state index contributed by atoms with van der Waals surface area (Å²) in [6.45, 7) is 3.00. The van der Waals surface area contributed by atoms with Crippen molar-refractivity contribution in [1.82, 2.24) is 0 Å². The molecule has 2 nitrogen and oxygen atoms in total. The molecule has 2 rings (SSSR count). The van der Waals surface area contributed by atoms with Crippen LogP contribution >= 0.6 is 0 Å². The zero-order chi connectivity index (χ0) is 13.5. The van der Waals surface area contributed by atoms with Crippen LogP contribution in [0.15, 0.2) is 24.3 Å². The molecular weight excluding hydrogens is 234 g/mol. The number of unbranched alkanes of at least 4 members (excludes halogenated alkanes) is 1. The molecule has 2 atom stereocenters. The van der Waals surface area contributed by atoms with Crippen LogP contribution in [0.3, 0.4) is 0 Å². The van der Waals surface area contributed by atoms with E-state index in [1.54, 1.807) is 0 Å². The van der Waals surface area contributed by atoms with Gasteiger partial charge >= 0.3 is 0 Å². The van der Waals surface area contributed by atoms with E-state index in [0.29, 0.717) is 12.0 Å². The van der Waals surface area contributed by atoms with Crippen molar-refractivity contribution >= 4 is 0 Å². The van der Waals surface area contributed by atoms with Crippen molar-refractivity contribution in [2.24, 2.45) is 11.7 Å². The lowest BCUT2D eigenvalue weighted by Gasteiger charge is -2.28. The maximum absolute atomic E-state index is 6.21. The Kier molecular flexibility index (Phi) is 5.71. The second-order valence-corrected chi connectivity index (χ2v) is 5.76. The largest absolute Gasteiger partial charge is 0.494 e. The fourth-order valence-corrected chi connectivity index (χ4v) is 2.85. The van der Waals surface area contributed by atoms with Crippen LogP contribution < -0.4 is 10.5 Å². The van der Waals surface area contributed by atoms with Crippen molar-refractivity contribution in [2.45, 2.75) is 57.9 Å². The summed E-state index contributed by atoms with van der Waals surface area (Å²) < 4.78 is 5.69. The summed E-state index contributed by atoms with van der Waals surface area (Å²) in [6, 6.07) is 8.98. The third-order valence-electron chi connectivity index (χ3n) is 4.16. The highest BCUT2D eigenvalue weighted by atomic mass is 16.5. The topological polar surface area (TPSA) is 35.2 Å². The summed E-state index contributed by atoms with van der Waals surface area (Å²) in [7, 11) is 0. The number of hydrogen-bond acceptors (Lipinski definition) is 2. The lowest BCUT2D eigenvalue weighted by molar-refractivity contribution is 0.304. The minimum atomic E-state index is 0.397. The Hall–Kier alpha value is -1.02. The molecular formula is C17H27NO. The quantitative estimate of drug-likeness (QED) is 0.788. The van der Waals surface area contributed by atoms with E-state index in [2.05, 4.69) is 31.2 Å². The summed E-state index contributed by atoms with van der Waals surface area (Å²) in [5, 5.41) is 0. The lowest BCUT2D eigenvalue weighted by atomic mass is 9.81. The van der Waals surface area contributed by atoms with Crippen LogP contribution in [0.1, 0.15) is 51.0 Å². The first-order valence-electron chi connectivity index (χ1n) is 7.77. The van der Waals surface area contributed by atoms with E-state index in [9.17, 15) is 0 Å². The number of nitrogens with two attached hydrogens (primary N) is 1. The highest BCUT2D eigenvalue weighted by molar-refractivity contribution is 5.27. The van der Waals surface area contributed by atoms with Crippen molar-refractivity contribution in [3.63, 3.8) is 0 Å².